The van der Waals surface area contributed by atoms with Crippen LogP contribution < -0.4 is 14.8 Å². The van der Waals surface area contributed by atoms with Crippen molar-refractivity contribution >= 4 is 6.03 Å². The van der Waals surface area contributed by atoms with E-state index in [9.17, 15) is 4.79 Å². The maximum atomic E-state index is 12.4. The molecule has 1 saturated heterocycles. The van der Waals surface area contributed by atoms with Gasteiger partial charge in [-0.15, -0.1) is 0 Å². The summed E-state index contributed by atoms with van der Waals surface area (Å²) < 4.78 is 11.5. The summed E-state index contributed by atoms with van der Waals surface area (Å²) in [7, 11) is 0. The minimum atomic E-state index is -0.166. The monoisotopic (exact) mass is 324 g/mol. The standard InChI is InChI=1S/C19H20N2O3/c22-19(21-11-10-16(21)14-6-2-1-3-7-14)20-12-15-13-23-17-8-4-5-9-18(17)24-15/h1-9,15-16H,10-13H2,(H,20,22)/t15-,16+/m1/s1. The first-order valence-corrected chi connectivity index (χ1v) is 8.29. The van der Waals surface area contributed by atoms with E-state index in [-0.39, 0.29) is 18.2 Å². The van der Waals surface area contributed by atoms with Gasteiger partial charge in [0.05, 0.1) is 12.6 Å². The third-order valence-electron chi connectivity index (χ3n) is 4.51. The van der Waals surface area contributed by atoms with Crippen LogP contribution in [-0.2, 0) is 0 Å². The van der Waals surface area contributed by atoms with E-state index >= 15 is 0 Å². The van der Waals surface area contributed by atoms with Crippen molar-refractivity contribution in [3.8, 4) is 11.5 Å². The van der Waals surface area contributed by atoms with Crippen LogP contribution in [-0.4, -0.2) is 36.7 Å². The molecule has 5 nitrogen and oxygen atoms in total. The van der Waals surface area contributed by atoms with E-state index in [1.54, 1.807) is 0 Å². The van der Waals surface area contributed by atoms with Crippen molar-refractivity contribution in [2.75, 3.05) is 19.7 Å². The maximum absolute atomic E-state index is 12.4. The second-order valence-electron chi connectivity index (χ2n) is 6.09. The average molecular weight is 324 g/mol. The van der Waals surface area contributed by atoms with Crippen LogP contribution in [0.15, 0.2) is 54.6 Å². The van der Waals surface area contributed by atoms with Gasteiger partial charge in [-0.2, -0.15) is 0 Å². The molecular weight excluding hydrogens is 304 g/mol. The van der Waals surface area contributed by atoms with Gasteiger partial charge in [0, 0.05) is 6.54 Å². The average Bonchev–Trinajstić information content (AvgIpc) is 2.60. The number of para-hydroxylation sites is 2. The summed E-state index contributed by atoms with van der Waals surface area (Å²) in [5, 5.41) is 2.97. The van der Waals surface area contributed by atoms with Gasteiger partial charge >= 0.3 is 6.03 Å². The summed E-state index contributed by atoms with van der Waals surface area (Å²) in [5.74, 6) is 1.49. The highest BCUT2D eigenvalue weighted by molar-refractivity contribution is 5.75. The Morgan fingerprint density at radius 3 is 2.58 bits per heavy atom. The fourth-order valence-corrected chi connectivity index (χ4v) is 3.12. The second-order valence-corrected chi connectivity index (χ2v) is 6.09. The molecule has 0 radical (unpaired) electrons. The predicted molar refractivity (Wildman–Crippen MR) is 90.3 cm³/mol. The van der Waals surface area contributed by atoms with E-state index in [1.807, 2.05) is 47.4 Å². The highest BCUT2D eigenvalue weighted by Crippen LogP contribution is 2.33. The van der Waals surface area contributed by atoms with Crippen molar-refractivity contribution < 1.29 is 14.3 Å². The lowest BCUT2D eigenvalue weighted by Crippen LogP contribution is -2.52. The molecule has 1 N–H and O–H groups in total. The molecule has 0 bridgehead atoms. The number of fused-ring (bicyclic) bond motifs is 1. The Morgan fingerprint density at radius 2 is 1.83 bits per heavy atom. The zero-order valence-electron chi connectivity index (χ0n) is 13.4. The molecule has 2 aromatic rings. The molecule has 0 unspecified atom stereocenters. The summed E-state index contributed by atoms with van der Waals surface area (Å²) in [6.07, 6.45) is 0.841. The first kappa shape index (κ1) is 14.9. The Labute approximate surface area is 141 Å². The number of hydrogen-bond acceptors (Lipinski definition) is 3. The van der Waals surface area contributed by atoms with Crippen molar-refractivity contribution in [2.24, 2.45) is 0 Å². The van der Waals surface area contributed by atoms with E-state index in [4.69, 9.17) is 9.47 Å². The van der Waals surface area contributed by atoms with Gasteiger partial charge in [0.1, 0.15) is 6.61 Å². The van der Waals surface area contributed by atoms with Crippen LogP contribution in [0.25, 0.3) is 0 Å². The zero-order valence-corrected chi connectivity index (χ0v) is 13.4. The van der Waals surface area contributed by atoms with Gasteiger partial charge in [-0.1, -0.05) is 42.5 Å². The van der Waals surface area contributed by atoms with Crippen molar-refractivity contribution in [1.82, 2.24) is 10.2 Å². The van der Waals surface area contributed by atoms with Gasteiger partial charge in [0.2, 0.25) is 0 Å². The summed E-state index contributed by atoms with van der Waals surface area (Å²) >= 11 is 0. The minimum absolute atomic E-state index is 0.0439. The van der Waals surface area contributed by atoms with Crippen LogP contribution in [0.2, 0.25) is 0 Å². The van der Waals surface area contributed by atoms with Gasteiger partial charge in [-0.25, -0.2) is 4.79 Å². The van der Waals surface area contributed by atoms with Crippen molar-refractivity contribution in [3.05, 3.63) is 60.2 Å². The lowest BCUT2D eigenvalue weighted by Gasteiger charge is -2.41. The van der Waals surface area contributed by atoms with Gasteiger partial charge in [0.15, 0.2) is 17.6 Å². The van der Waals surface area contributed by atoms with Crippen molar-refractivity contribution in [3.63, 3.8) is 0 Å². The quantitative estimate of drug-likeness (QED) is 0.944. The van der Waals surface area contributed by atoms with E-state index < -0.39 is 0 Å². The molecule has 4 rings (SSSR count). The SMILES string of the molecule is O=C(NC[C@@H]1COc2ccccc2O1)N1CC[C@H]1c1ccccc1. The number of amides is 2. The fourth-order valence-electron chi connectivity index (χ4n) is 3.12. The van der Waals surface area contributed by atoms with Crippen LogP contribution in [0.5, 0.6) is 11.5 Å². The van der Waals surface area contributed by atoms with Crippen molar-refractivity contribution in [2.45, 2.75) is 18.6 Å². The fraction of sp³-hybridized carbons (Fsp3) is 0.316. The Morgan fingerprint density at radius 1 is 1.08 bits per heavy atom. The highest BCUT2D eigenvalue weighted by atomic mass is 16.6. The van der Waals surface area contributed by atoms with Crippen molar-refractivity contribution in [1.29, 1.82) is 0 Å². The van der Waals surface area contributed by atoms with E-state index in [2.05, 4.69) is 17.4 Å². The molecule has 124 valence electrons. The molecule has 2 amide bonds. The minimum Gasteiger partial charge on any atom is -0.486 e. The Bertz CT molecular complexity index is 720. The zero-order chi connectivity index (χ0) is 16.4. The third-order valence-corrected chi connectivity index (χ3v) is 4.51. The molecule has 2 aliphatic rings. The molecule has 2 heterocycles. The summed E-state index contributed by atoms with van der Waals surface area (Å²) in [4.78, 5) is 14.3. The van der Waals surface area contributed by atoms with Crippen LogP contribution in [0.3, 0.4) is 0 Å². The topological polar surface area (TPSA) is 50.8 Å². The largest absolute Gasteiger partial charge is 0.486 e. The molecule has 0 aliphatic carbocycles. The normalized spacial score (nSPS) is 21.8. The molecule has 24 heavy (non-hydrogen) atoms. The van der Waals surface area contributed by atoms with Gasteiger partial charge in [-0.3, -0.25) is 0 Å². The number of benzene rings is 2. The first-order valence-electron chi connectivity index (χ1n) is 8.29. The molecule has 0 saturated carbocycles. The van der Waals surface area contributed by atoms with Gasteiger partial charge < -0.3 is 19.7 Å². The number of likely N-dealkylation sites (tertiary alicyclic amines) is 1. The van der Waals surface area contributed by atoms with Gasteiger partial charge in [-0.05, 0) is 24.1 Å². The Kier molecular flexibility index (Phi) is 3.99. The summed E-state index contributed by atoms with van der Waals surface area (Å²) in [6.45, 7) is 1.67. The highest BCUT2D eigenvalue weighted by Gasteiger charge is 2.33. The Hall–Kier alpha value is -2.69. The molecule has 2 aliphatic heterocycles. The third kappa shape index (κ3) is 2.89. The molecule has 5 heteroatoms. The summed E-state index contributed by atoms with van der Waals surface area (Å²) in [6, 6.07) is 17.9. The van der Waals surface area contributed by atoms with E-state index in [1.165, 1.54) is 5.56 Å². The van der Waals surface area contributed by atoms with Crippen LogP contribution in [0, 0.1) is 0 Å². The first-order chi connectivity index (χ1) is 11.8. The van der Waals surface area contributed by atoms with Crippen LogP contribution >= 0.6 is 0 Å². The molecule has 0 aromatic heterocycles. The lowest BCUT2D eigenvalue weighted by molar-refractivity contribution is 0.0824. The maximum Gasteiger partial charge on any atom is 0.318 e. The number of nitrogens with zero attached hydrogens (tertiary/aromatic N) is 1. The Balaban J connectivity index is 1.31. The number of urea groups is 1. The van der Waals surface area contributed by atoms with Gasteiger partial charge in [0.25, 0.3) is 0 Å². The second kappa shape index (κ2) is 6.43. The number of carbonyl (C=O) groups excluding carboxylic acids is 1. The van der Waals surface area contributed by atoms with E-state index in [0.717, 1.165) is 24.5 Å². The van der Waals surface area contributed by atoms with E-state index in [0.29, 0.717) is 13.2 Å². The lowest BCUT2D eigenvalue weighted by atomic mass is 9.95. The number of hydrogen-bond donors (Lipinski definition) is 1. The molecule has 2 atom stereocenters. The number of ether oxygens (including phenoxy) is 2. The number of carbonyl (C=O) groups is 1. The number of rotatable bonds is 3. The molecule has 1 fully saturated rings. The van der Waals surface area contributed by atoms with Crippen LogP contribution in [0.1, 0.15) is 18.0 Å². The predicted octanol–water partition coefficient (Wildman–Crippen LogP) is 2.98. The van der Waals surface area contributed by atoms with Crippen LogP contribution in [0.4, 0.5) is 4.79 Å². The summed E-state index contributed by atoms with van der Waals surface area (Å²) in [5.41, 5.74) is 1.19. The smallest absolute Gasteiger partial charge is 0.318 e. The molecular formula is C19H20N2O3. The molecule has 0 spiro atoms. The molecule has 2 aromatic carbocycles. The number of nitrogens with one attached hydrogen (secondary N) is 1.